The number of hydrogen-bond donors (Lipinski definition) is 3. The molecular weight excluding hydrogens is 603 g/mol. The molecule has 3 N–H and O–H groups in total. The number of rotatable bonds is 10. The first-order valence-electron chi connectivity index (χ1n) is 15.1. The van der Waals surface area contributed by atoms with Crippen LogP contribution in [0.4, 0.5) is 0 Å². The quantitative estimate of drug-likeness (QED) is 0.263. The number of carboxylic acid groups (broad SMARTS) is 1. The molecule has 1 aliphatic heterocycles. The zero-order valence-corrected chi connectivity index (χ0v) is 26.3. The number of H-pyrrole nitrogens is 1. The number of piperidine rings is 1. The van der Waals surface area contributed by atoms with Crippen LogP contribution in [0.15, 0.2) is 48.7 Å². The molecule has 2 aliphatic rings. The molecule has 1 spiro atoms. The van der Waals surface area contributed by atoms with Crippen molar-refractivity contribution in [1.82, 2.24) is 20.1 Å². The van der Waals surface area contributed by atoms with Crippen LogP contribution in [0.3, 0.4) is 0 Å². The molecule has 0 bridgehead atoms. The Morgan fingerprint density at radius 1 is 1.02 bits per heavy atom. The smallest absolute Gasteiger partial charge is 0.326 e. The second-order valence-corrected chi connectivity index (χ2v) is 13.1. The number of halogens is 2. The maximum atomic E-state index is 13.8. The molecule has 1 saturated heterocycles. The molecule has 9 nitrogen and oxygen atoms in total. The van der Waals surface area contributed by atoms with Gasteiger partial charge in [0.25, 0.3) is 5.91 Å². The number of aliphatic carboxylic acids is 1. The normalized spacial score (nSPS) is 17.4. The molecular formula is C33H38Cl2N4O5. The van der Waals surface area contributed by atoms with Gasteiger partial charge in [-0.2, -0.15) is 0 Å². The lowest BCUT2D eigenvalue weighted by Gasteiger charge is -2.40. The molecule has 2 heterocycles. The molecule has 2 aromatic carbocycles. The number of likely N-dealkylation sites (N-methyl/N-ethyl adjacent to an activating group) is 1. The summed E-state index contributed by atoms with van der Waals surface area (Å²) in [7, 11) is 1.46. The number of amides is 3. The lowest BCUT2D eigenvalue weighted by Crippen LogP contribution is -2.52. The standard InChI is InChI=1S/C33H38Cl2N4O5/c1-38(28(32(43)44)18-22-20-36-26-7-3-2-6-25(22)26)29(40)9-8-27(37-30(41)21-16-23(34)19-24(35)17-21)31(42)39-14-12-33(13-15-39)10-4-5-11-33/h2-3,6-7,16-17,19-20,27-28,36H,4-5,8-15,18H2,1H3,(H,37,41)(H,43,44)/t27-,28+/m1/s1. The number of likely N-dealkylation sites (tertiary alicyclic amines) is 1. The Kier molecular flexibility index (Phi) is 9.85. The van der Waals surface area contributed by atoms with Gasteiger partial charge in [-0.3, -0.25) is 14.4 Å². The van der Waals surface area contributed by atoms with E-state index in [9.17, 15) is 24.3 Å². The lowest BCUT2D eigenvalue weighted by atomic mass is 9.77. The Hall–Kier alpha value is -3.56. The van der Waals surface area contributed by atoms with Crippen LogP contribution in [-0.4, -0.2) is 75.8 Å². The highest BCUT2D eigenvalue weighted by molar-refractivity contribution is 6.35. The van der Waals surface area contributed by atoms with Crippen LogP contribution in [0.25, 0.3) is 10.9 Å². The Balaban J connectivity index is 1.28. The maximum Gasteiger partial charge on any atom is 0.326 e. The Morgan fingerprint density at radius 2 is 1.68 bits per heavy atom. The van der Waals surface area contributed by atoms with E-state index in [4.69, 9.17) is 23.2 Å². The molecule has 11 heteroatoms. The first kappa shape index (κ1) is 31.9. The van der Waals surface area contributed by atoms with E-state index < -0.39 is 29.9 Å². The fourth-order valence-electron chi connectivity index (χ4n) is 6.75. The monoisotopic (exact) mass is 640 g/mol. The average molecular weight is 642 g/mol. The molecule has 1 aliphatic carbocycles. The van der Waals surface area contributed by atoms with E-state index >= 15 is 0 Å². The van der Waals surface area contributed by atoms with E-state index in [-0.39, 0.29) is 40.8 Å². The third-order valence-electron chi connectivity index (χ3n) is 9.41. The summed E-state index contributed by atoms with van der Waals surface area (Å²) >= 11 is 12.2. The predicted octanol–water partition coefficient (Wildman–Crippen LogP) is 5.69. The highest BCUT2D eigenvalue weighted by Gasteiger charge is 2.39. The number of carbonyl (C=O) groups excluding carboxylic acids is 3. The number of fused-ring (bicyclic) bond motifs is 1. The number of carbonyl (C=O) groups is 4. The first-order valence-corrected chi connectivity index (χ1v) is 15.9. The first-order chi connectivity index (χ1) is 21.0. The third-order valence-corrected chi connectivity index (χ3v) is 9.85. The van der Waals surface area contributed by atoms with Gasteiger partial charge in [0.1, 0.15) is 12.1 Å². The summed E-state index contributed by atoms with van der Waals surface area (Å²) in [4.78, 5) is 58.8. The summed E-state index contributed by atoms with van der Waals surface area (Å²) in [5.41, 5.74) is 2.19. The van der Waals surface area contributed by atoms with E-state index in [1.54, 1.807) is 11.1 Å². The maximum absolute atomic E-state index is 13.8. The van der Waals surface area contributed by atoms with Gasteiger partial charge in [-0.1, -0.05) is 54.2 Å². The molecule has 0 unspecified atom stereocenters. The average Bonchev–Trinajstić information content (AvgIpc) is 3.63. The number of nitrogens with one attached hydrogen (secondary N) is 2. The number of aromatic amines is 1. The van der Waals surface area contributed by atoms with Gasteiger partial charge >= 0.3 is 5.97 Å². The van der Waals surface area contributed by atoms with E-state index in [0.717, 1.165) is 29.3 Å². The number of nitrogens with zero attached hydrogens (tertiary/aromatic N) is 2. The molecule has 5 rings (SSSR count). The van der Waals surface area contributed by atoms with Crippen LogP contribution in [0.1, 0.15) is 67.3 Å². The van der Waals surface area contributed by atoms with Crippen molar-refractivity contribution in [3.05, 3.63) is 69.8 Å². The van der Waals surface area contributed by atoms with E-state index in [1.165, 1.54) is 55.8 Å². The van der Waals surface area contributed by atoms with Gasteiger partial charge in [0.2, 0.25) is 11.8 Å². The summed E-state index contributed by atoms with van der Waals surface area (Å²) in [5.74, 6) is -2.33. The number of aromatic nitrogens is 1. The summed E-state index contributed by atoms with van der Waals surface area (Å²) in [6.07, 6.45) is 8.46. The fourth-order valence-corrected chi connectivity index (χ4v) is 7.27. The van der Waals surface area contributed by atoms with Crippen LogP contribution < -0.4 is 5.32 Å². The zero-order valence-electron chi connectivity index (χ0n) is 24.8. The van der Waals surface area contributed by atoms with E-state index in [1.807, 2.05) is 24.3 Å². The lowest BCUT2D eigenvalue weighted by molar-refractivity contribution is -0.149. The minimum absolute atomic E-state index is 0.0170. The van der Waals surface area contributed by atoms with Crippen molar-refractivity contribution in [2.45, 2.75) is 69.9 Å². The number of benzene rings is 2. The molecule has 3 amide bonds. The number of para-hydroxylation sites is 1. The van der Waals surface area contributed by atoms with Crippen LogP contribution in [0, 0.1) is 5.41 Å². The second kappa shape index (κ2) is 13.6. The number of hydrogen-bond acceptors (Lipinski definition) is 4. The van der Waals surface area contributed by atoms with Crippen molar-refractivity contribution < 1.29 is 24.3 Å². The summed E-state index contributed by atoms with van der Waals surface area (Å²) < 4.78 is 0. The molecule has 1 aromatic heterocycles. The molecule has 44 heavy (non-hydrogen) atoms. The molecule has 2 atom stereocenters. The number of carboxylic acids is 1. The zero-order chi connectivity index (χ0) is 31.4. The van der Waals surface area contributed by atoms with Crippen molar-refractivity contribution in [3.8, 4) is 0 Å². The van der Waals surface area contributed by atoms with Gasteiger partial charge in [0, 0.05) is 65.7 Å². The second-order valence-electron chi connectivity index (χ2n) is 12.2. The fraction of sp³-hybridized carbons (Fsp3) is 0.455. The van der Waals surface area contributed by atoms with Crippen molar-refractivity contribution in [1.29, 1.82) is 0 Å². The van der Waals surface area contributed by atoms with E-state index in [0.29, 0.717) is 18.5 Å². The van der Waals surface area contributed by atoms with Gasteiger partial charge in [-0.05, 0) is 67.3 Å². The van der Waals surface area contributed by atoms with Gasteiger partial charge in [0.05, 0.1) is 0 Å². The summed E-state index contributed by atoms with van der Waals surface area (Å²) in [6, 6.07) is 9.94. The van der Waals surface area contributed by atoms with Crippen LogP contribution >= 0.6 is 23.2 Å². The van der Waals surface area contributed by atoms with E-state index in [2.05, 4.69) is 10.3 Å². The van der Waals surface area contributed by atoms with Crippen molar-refractivity contribution >= 4 is 57.8 Å². The molecule has 234 valence electrons. The molecule has 2 fully saturated rings. The van der Waals surface area contributed by atoms with Crippen molar-refractivity contribution in [2.75, 3.05) is 20.1 Å². The largest absolute Gasteiger partial charge is 0.480 e. The van der Waals surface area contributed by atoms with Crippen LogP contribution in [-0.2, 0) is 20.8 Å². The highest BCUT2D eigenvalue weighted by atomic mass is 35.5. The Morgan fingerprint density at radius 3 is 2.34 bits per heavy atom. The third kappa shape index (κ3) is 7.21. The highest BCUT2D eigenvalue weighted by Crippen LogP contribution is 2.46. The van der Waals surface area contributed by atoms with Crippen LogP contribution in [0.5, 0.6) is 0 Å². The Labute approximate surface area is 266 Å². The molecule has 3 aromatic rings. The minimum Gasteiger partial charge on any atom is -0.480 e. The molecule has 1 saturated carbocycles. The minimum atomic E-state index is -1.13. The van der Waals surface area contributed by atoms with Crippen LogP contribution in [0.2, 0.25) is 10.0 Å². The van der Waals surface area contributed by atoms with Gasteiger partial charge < -0.3 is 25.2 Å². The van der Waals surface area contributed by atoms with Gasteiger partial charge in [-0.15, -0.1) is 0 Å². The summed E-state index contributed by atoms with van der Waals surface area (Å²) in [5, 5.41) is 14.3. The van der Waals surface area contributed by atoms with Gasteiger partial charge in [-0.25, -0.2) is 4.79 Å². The van der Waals surface area contributed by atoms with Gasteiger partial charge in [0.15, 0.2) is 0 Å². The topological polar surface area (TPSA) is 123 Å². The molecule has 0 radical (unpaired) electrons. The van der Waals surface area contributed by atoms with Crippen molar-refractivity contribution in [3.63, 3.8) is 0 Å². The summed E-state index contributed by atoms with van der Waals surface area (Å²) in [6.45, 7) is 1.21. The predicted molar refractivity (Wildman–Crippen MR) is 170 cm³/mol. The van der Waals surface area contributed by atoms with Crippen molar-refractivity contribution in [2.24, 2.45) is 5.41 Å². The Bertz CT molecular complexity index is 1520. The SMILES string of the molecule is CN(C(=O)CC[C@@H](NC(=O)c1cc(Cl)cc(Cl)c1)C(=O)N1CCC2(CCCC2)CC1)[C@@H](Cc1c[nH]c2ccccc12)C(=O)O.